The van der Waals surface area contributed by atoms with E-state index in [0.29, 0.717) is 0 Å². The van der Waals surface area contributed by atoms with E-state index in [1.807, 2.05) is 0 Å². The largest absolute Gasteiger partial charge is 0.269 e. The third kappa shape index (κ3) is 7060. The van der Waals surface area contributed by atoms with Gasteiger partial charge < -0.3 is 0 Å². The molecule has 8 heteroatoms. The average Bonchev–Trinajstić information content (AvgIpc) is 0. The molecule has 0 spiro atoms. The van der Waals surface area contributed by atoms with Gasteiger partial charge in [0.05, 0.1) is 0 Å². The first kappa shape index (κ1) is 18900. The van der Waals surface area contributed by atoms with Crippen molar-refractivity contribution in [2.24, 2.45) is 0 Å². The van der Waals surface area contributed by atoms with Crippen molar-refractivity contribution in [1.82, 2.24) is 0 Å². The summed E-state index contributed by atoms with van der Waals surface area (Å²) in [7, 11) is 0. The summed E-state index contributed by atoms with van der Waals surface area (Å²) in [5.74, 6) is 0. The van der Waals surface area contributed by atoms with Gasteiger partial charge in [-0.25, -0.2) is 0 Å². The zero-order valence-corrected chi connectivity index (χ0v) is 4.36. The lowest BCUT2D eigenvalue weighted by molar-refractivity contribution is 1.11. The number of halogens is 7. The average molecular weight is 174 g/mol. The highest BCUT2D eigenvalue weighted by Crippen LogP contribution is 0.648. The second-order valence-corrected chi connectivity index (χ2v) is 0. The summed E-state index contributed by atoms with van der Waals surface area (Å²) < 4.78 is 0. The van der Waals surface area contributed by atoms with E-state index in [1.54, 1.807) is 0 Å². The molecule has 0 amide bonds. The van der Waals surface area contributed by atoms with Crippen molar-refractivity contribution >= 4 is 13.5 Å². The second-order valence-electron chi connectivity index (χ2n) is 0. The van der Waals surface area contributed by atoms with E-state index in [0.717, 1.165) is 0 Å². The van der Waals surface area contributed by atoms with Crippen molar-refractivity contribution in [3.05, 3.63) is 0 Å². The lowest BCUT2D eigenvalue weighted by atomic mass is 19.0. The Bertz CT molecular complexity index is 4.35. The lowest BCUT2D eigenvalue weighted by Crippen LogP contribution is 0.419. The molecule has 0 aliphatic carbocycles. The standard InChI is InChI=1S/7FH.H2S/h7*1H;1H2. The van der Waals surface area contributed by atoms with Crippen LogP contribution in [-0.4, -0.2) is 0 Å². The molecule has 0 atom stereocenters. The fraction of sp³-hybridized carbons (Fsp3) is 0. The topological polar surface area (TPSA) is 0 Å². The lowest BCUT2D eigenvalue weighted by Gasteiger charge is -0.270. The maximum absolute atomic E-state index is 0. The molecule has 0 nitrogen and oxygen atoms in total. The zero-order valence-electron chi connectivity index (χ0n) is 3.36. The molecular formula is H9F7S. The minimum atomic E-state index is 0. The number of rotatable bonds is 0. The summed E-state index contributed by atoms with van der Waals surface area (Å²) >= 11 is 0. The molecule has 0 bridgehead atoms. The van der Waals surface area contributed by atoms with Crippen molar-refractivity contribution in [3.8, 4) is 0 Å². The van der Waals surface area contributed by atoms with Crippen LogP contribution in [0.1, 0.15) is 0 Å². The van der Waals surface area contributed by atoms with Gasteiger partial charge in [0.1, 0.15) is 0 Å². The molecule has 0 saturated heterocycles. The highest BCUT2D eigenvalue weighted by molar-refractivity contribution is 7.59. The molecule has 0 aromatic heterocycles. The van der Waals surface area contributed by atoms with Crippen LogP contribution in [0.3, 0.4) is 0 Å². The van der Waals surface area contributed by atoms with Crippen LogP contribution < -0.4 is 0 Å². The molecule has 0 aromatic carbocycles. The van der Waals surface area contributed by atoms with Crippen LogP contribution in [0, 0.1) is 0 Å². The van der Waals surface area contributed by atoms with E-state index in [9.17, 15) is 0 Å². The zero-order chi connectivity index (χ0) is 0. The fourth-order valence-corrected chi connectivity index (χ4v) is 0. The Labute approximate surface area is 47.7 Å². The summed E-state index contributed by atoms with van der Waals surface area (Å²) in [4.78, 5) is 0. The van der Waals surface area contributed by atoms with Crippen LogP contribution in [0.15, 0.2) is 0 Å². The Kier molecular flexibility index (Phi) is 28400000. The Balaban J connectivity index is 0. The van der Waals surface area contributed by atoms with E-state index in [4.69, 9.17) is 0 Å². The molecule has 8 heavy (non-hydrogen) atoms. The first-order valence-electron chi connectivity index (χ1n) is 0. The predicted octanol–water partition coefficient (Wildman–Crippen LogP) is 1.18. The summed E-state index contributed by atoms with van der Waals surface area (Å²) in [5, 5.41) is 0. The van der Waals surface area contributed by atoms with Crippen LogP contribution in [0.5, 0.6) is 0 Å². The molecular weight excluding hydrogens is 165 g/mol. The Morgan fingerprint density at radius 3 is 0.250 bits per heavy atom. The van der Waals surface area contributed by atoms with Gasteiger partial charge >= 0.3 is 0 Å². The highest BCUT2D eigenvalue weighted by atomic mass is 32.1. The molecule has 0 aliphatic heterocycles. The quantitative estimate of drug-likeness (QED) is 0.484. The van der Waals surface area contributed by atoms with Gasteiger partial charge in [-0.3, -0.25) is 32.9 Å². The maximum atomic E-state index is 0. The molecule has 0 heterocycles. The third-order valence-corrected chi connectivity index (χ3v) is 0. The minimum Gasteiger partial charge on any atom is -0.269 e. The molecule has 0 rings (SSSR count). The summed E-state index contributed by atoms with van der Waals surface area (Å²) in [6.45, 7) is 0. The van der Waals surface area contributed by atoms with E-state index in [-0.39, 0.29) is 46.4 Å². The van der Waals surface area contributed by atoms with Gasteiger partial charge in [0, 0.05) is 0 Å². The fourth-order valence-electron chi connectivity index (χ4n) is 0. The van der Waals surface area contributed by atoms with Crippen molar-refractivity contribution in [2.45, 2.75) is 0 Å². The van der Waals surface area contributed by atoms with Crippen molar-refractivity contribution in [3.63, 3.8) is 0 Å². The Morgan fingerprint density at radius 1 is 0.250 bits per heavy atom. The van der Waals surface area contributed by atoms with Crippen molar-refractivity contribution in [1.29, 1.82) is 0 Å². The minimum absolute atomic E-state index is 0. The summed E-state index contributed by atoms with van der Waals surface area (Å²) in [6, 6.07) is 0. The van der Waals surface area contributed by atoms with Gasteiger partial charge in [-0.1, -0.05) is 0 Å². The van der Waals surface area contributed by atoms with Gasteiger partial charge in [-0.05, 0) is 0 Å². The second kappa shape index (κ2) is 12000. The van der Waals surface area contributed by atoms with Gasteiger partial charge in [0.2, 0.25) is 0 Å². The van der Waals surface area contributed by atoms with Crippen LogP contribution >= 0.6 is 13.5 Å². The van der Waals surface area contributed by atoms with Crippen LogP contribution in [0.25, 0.3) is 0 Å². The molecule has 0 unspecified atom stereocenters. The van der Waals surface area contributed by atoms with Gasteiger partial charge in [-0.2, -0.15) is 13.5 Å². The predicted molar refractivity (Wildman–Crippen MR) is 27.9 cm³/mol. The molecule has 0 N–H and O–H groups in total. The van der Waals surface area contributed by atoms with E-state index >= 15 is 0 Å². The molecule has 0 radical (unpaired) electrons. The summed E-state index contributed by atoms with van der Waals surface area (Å²) in [5.41, 5.74) is 0. The number of hydrogen-bond acceptors (Lipinski definition) is 0. The van der Waals surface area contributed by atoms with Crippen molar-refractivity contribution in [2.75, 3.05) is 0 Å². The monoisotopic (exact) mass is 174 g/mol. The first-order chi connectivity index (χ1) is 0. The number of hydrogen-bond donors (Lipinski definition) is 0. The molecule has 0 fully saturated rings. The highest BCUT2D eigenvalue weighted by Gasteiger charge is -0.197. The smallest absolute Gasteiger partial charge is 0.197 e. The molecule has 0 saturated carbocycles. The van der Waals surface area contributed by atoms with E-state index < -0.39 is 0 Å². The molecule has 64 valence electrons. The van der Waals surface area contributed by atoms with E-state index in [2.05, 4.69) is 0 Å². The maximum Gasteiger partial charge on any atom is -0.197 e. The molecule has 0 aromatic rings. The summed E-state index contributed by atoms with van der Waals surface area (Å²) in [6.07, 6.45) is 0. The Morgan fingerprint density at radius 2 is 0.250 bits per heavy atom. The van der Waals surface area contributed by atoms with Crippen LogP contribution in [-0.2, 0) is 0 Å². The van der Waals surface area contributed by atoms with E-state index in [1.165, 1.54) is 0 Å². The third-order valence-electron chi connectivity index (χ3n) is 0. The Hall–Kier alpha value is -0.140. The van der Waals surface area contributed by atoms with Gasteiger partial charge in [0.15, 0.2) is 0 Å². The first-order valence-corrected chi connectivity index (χ1v) is 0. The molecule has 0 aliphatic rings. The van der Waals surface area contributed by atoms with Crippen LogP contribution in [0.4, 0.5) is 32.9 Å². The normalized spacial score (nSPS) is 0. The van der Waals surface area contributed by atoms with Gasteiger partial charge in [-0.15, -0.1) is 0 Å². The van der Waals surface area contributed by atoms with Gasteiger partial charge in [0.25, 0.3) is 0 Å². The van der Waals surface area contributed by atoms with Crippen molar-refractivity contribution < 1.29 is 32.9 Å². The van der Waals surface area contributed by atoms with Crippen LogP contribution in [0.2, 0.25) is 0 Å². The SMILES string of the molecule is F.F.F.F.F.F.F.S.